The van der Waals surface area contributed by atoms with Crippen LogP contribution in [0.1, 0.15) is 18.3 Å². The van der Waals surface area contributed by atoms with Crippen LogP contribution in [0.4, 0.5) is 0 Å². The predicted molar refractivity (Wildman–Crippen MR) is 72.4 cm³/mol. The summed E-state index contributed by atoms with van der Waals surface area (Å²) in [6.07, 6.45) is 4.09. The topological polar surface area (TPSA) is 44.2 Å². The van der Waals surface area contributed by atoms with Crippen LogP contribution in [0.3, 0.4) is 0 Å². The Labute approximate surface area is 113 Å². The third-order valence-electron chi connectivity index (χ3n) is 2.63. The smallest absolute Gasteiger partial charge is 0.155 e. The average molecular weight is 258 g/mol. The van der Waals surface area contributed by atoms with Crippen molar-refractivity contribution in [3.63, 3.8) is 0 Å². The molecule has 1 atom stereocenters. The van der Waals surface area contributed by atoms with E-state index in [0.717, 1.165) is 17.8 Å². The molecule has 100 valence electrons. The summed E-state index contributed by atoms with van der Waals surface area (Å²) in [7, 11) is 0. The average Bonchev–Trinajstić information content (AvgIpc) is 2.47. The van der Waals surface area contributed by atoms with Crippen LogP contribution >= 0.6 is 0 Å². The molecule has 2 rings (SSSR count). The molecule has 0 saturated carbocycles. The highest BCUT2D eigenvalue weighted by Gasteiger charge is 2.03. The van der Waals surface area contributed by atoms with Crippen LogP contribution < -0.4 is 0 Å². The first-order chi connectivity index (χ1) is 9.34. The van der Waals surface area contributed by atoms with Gasteiger partial charge in [-0.3, -0.25) is 9.97 Å². The van der Waals surface area contributed by atoms with E-state index in [1.165, 1.54) is 0 Å². The van der Waals surface area contributed by atoms with Gasteiger partial charge in [0.2, 0.25) is 0 Å². The molecule has 0 amide bonds. The Balaban J connectivity index is 1.64. The standard InChI is InChI=1S/C15H18N2O2/c1-13(19-12-15-7-3-5-10-17-15)18-11-8-14-6-2-4-9-16-14/h2-7,9-10,13H,8,11-12H2,1H3. The summed E-state index contributed by atoms with van der Waals surface area (Å²) in [4.78, 5) is 8.43. The van der Waals surface area contributed by atoms with Gasteiger partial charge in [-0.1, -0.05) is 12.1 Å². The Morgan fingerprint density at radius 2 is 1.63 bits per heavy atom. The van der Waals surface area contributed by atoms with E-state index in [9.17, 15) is 0 Å². The monoisotopic (exact) mass is 258 g/mol. The minimum atomic E-state index is -0.245. The van der Waals surface area contributed by atoms with Crippen molar-refractivity contribution in [2.45, 2.75) is 26.2 Å². The first-order valence-electron chi connectivity index (χ1n) is 6.37. The Morgan fingerprint density at radius 3 is 2.26 bits per heavy atom. The number of hydrogen-bond acceptors (Lipinski definition) is 4. The fraction of sp³-hybridized carbons (Fsp3) is 0.333. The van der Waals surface area contributed by atoms with E-state index in [1.807, 2.05) is 43.3 Å². The van der Waals surface area contributed by atoms with E-state index in [1.54, 1.807) is 12.4 Å². The molecule has 19 heavy (non-hydrogen) atoms. The third-order valence-corrected chi connectivity index (χ3v) is 2.63. The Hall–Kier alpha value is -1.78. The lowest BCUT2D eigenvalue weighted by Crippen LogP contribution is -2.15. The van der Waals surface area contributed by atoms with Crippen LogP contribution in [0.15, 0.2) is 48.8 Å². The van der Waals surface area contributed by atoms with Crippen molar-refractivity contribution in [2.24, 2.45) is 0 Å². The van der Waals surface area contributed by atoms with Crippen molar-refractivity contribution in [1.82, 2.24) is 9.97 Å². The summed E-state index contributed by atoms with van der Waals surface area (Å²) in [5.41, 5.74) is 1.93. The van der Waals surface area contributed by atoms with Crippen molar-refractivity contribution in [3.05, 3.63) is 60.2 Å². The lowest BCUT2D eigenvalue weighted by Gasteiger charge is -2.13. The maximum atomic E-state index is 5.58. The van der Waals surface area contributed by atoms with Crippen LogP contribution in [-0.2, 0) is 22.5 Å². The molecule has 0 fully saturated rings. The predicted octanol–water partition coefficient (Wildman–Crippen LogP) is 2.60. The molecule has 0 aliphatic rings. The second-order valence-electron chi connectivity index (χ2n) is 4.14. The lowest BCUT2D eigenvalue weighted by atomic mass is 10.3. The Kier molecular flexibility index (Phi) is 5.47. The summed E-state index contributed by atoms with van der Waals surface area (Å²) in [6.45, 7) is 2.95. The van der Waals surface area contributed by atoms with Gasteiger partial charge in [-0.25, -0.2) is 0 Å². The molecule has 0 aliphatic heterocycles. The molecular formula is C15H18N2O2. The van der Waals surface area contributed by atoms with E-state index in [-0.39, 0.29) is 6.29 Å². The highest BCUT2D eigenvalue weighted by atomic mass is 16.7. The van der Waals surface area contributed by atoms with Gasteiger partial charge in [0, 0.05) is 24.5 Å². The minimum Gasteiger partial charge on any atom is -0.353 e. The number of aromatic nitrogens is 2. The van der Waals surface area contributed by atoms with Gasteiger partial charge in [0.1, 0.15) is 0 Å². The SMILES string of the molecule is CC(OCCc1ccccn1)OCc1ccccn1. The molecule has 4 heteroatoms. The van der Waals surface area contributed by atoms with Crippen molar-refractivity contribution >= 4 is 0 Å². The van der Waals surface area contributed by atoms with Crippen LogP contribution in [0.5, 0.6) is 0 Å². The fourth-order valence-electron chi connectivity index (χ4n) is 1.61. The first-order valence-corrected chi connectivity index (χ1v) is 6.37. The zero-order valence-corrected chi connectivity index (χ0v) is 11.0. The number of pyridine rings is 2. The van der Waals surface area contributed by atoms with Crippen LogP contribution in [-0.4, -0.2) is 22.9 Å². The summed E-state index contributed by atoms with van der Waals surface area (Å²) in [6, 6.07) is 11.6. The highest BCUT2D eigenvalue weighted by Crippen LogP contribution is 2.02. The van der Waals surface area contributed by atoms with Crippen molar-refractivity contribution in [2.75, 3.05) is 6.61 Å². The molecule has 1 unspecified atom stereocenters. The molecule has 2 aromatic heterocycles. The largest absolute Gasteiger partial charge is 0.353 e. The minimum absolute atomic E-state index is 0.245. The lowest BCUT2D eigenvalue weighted by molar-refractivity contribution is -0.137. The van der Waals surface area contributed by atoms with Crippen molar-refractivity contribution < 1.29 is 9.47 Å². The summed E-state index contributed by atoms with van der Waals surface area (Å²) in [5, 5.41) is 0. The zero-order valence-electron chi connectivity index (χ0n) is 11.0. The Morgan fingerprint density at radius 1 is 0.947 bits per heavy atom. The van der Waals surface area contributed by atoms with Gasteiger partial charge >= 0.3 is 0 Å². The number of hydrogen-bond donors (Lipinski definition) is 0. The summed E-state index contributed by atoms with van der Waals surface area (Å²) in [5.74, 6) is 0. The number of ether oxygens (including phenoxy) is 2. The third kappa shape index (κ3) is 5.16. The first kappa shape index (κ1) is 13.6. The fourth-order valence-corrected chi connectivity index (χ4v) is 1.61. The summed E-state index contributed by atoms with van der Waals surface area (Å²) < 4.78 is 11.1. The molecule has 0 aromatic carbocycles. The van der Waals surface area contributed by atoms with E-state index >= 15 is 0 Å². The van der Waals surface area contributed by atoms with Gasteiger partial charge in [-0.2, -0.15) is 0 Å². The number of rotatable bonds is 7. The molecule has 0 aliphatic carbocycles. The van der Waals surface area contributed by atoms with Crippen molar-refractivity contribution in [1.29, 1.82) is 0 Å². The maximum absolute atomic E-state index is 5.58. The molecule has 0 saturated heterocycles. The van der Waals surface area contributed by atoms with Gasteiger partial charge in [0.25, 0.3) is 0 Å². The van der Waals surface area contributed by atoms with Gasteiger partial charge in [-0.05, 0) is 31.2 Å². The molecule has 2 heterocycles. The second-order valence-corrected chi connectivity index (χ2v) is 4.14. The Bertz CT molecular complexity index is 462. The molecule has 0 spiro atoms. The molecule has 0 radical (unpaired) electrons. The van der Waals surface area contributed by atoms with E-state index in [0.29, 0.717) is 13.2 Å². The van der Waals surface area contributed by atoms with E-state index < -0.39 is 0 Å². The van der Waals surface area contributed by atoms with Gasteiger partial charge in [-0.15, -0.1) is 0 Å². The summed E-state index contributed by atoms with van der Waals surface area (Å²) >= 11 is 0. The molecule has 0 N–H and O–H groups in total. The normalized spacial score (nSPS) is 12.3. The molecule has 2 aromatic rings. The van der Waals surface area contributed by atoms with Gasteiger partial charge in [0.15, 0.2) is 6.29 Å². The van der Waals surface area contributed by atoms with Crippen LogP contribution in [0.2, 0.25) is 0 Å². The quantitative estimate of drug-likeness (QED) is 0.716. The van der Waals surface area contributed by atoms with Crippen LogP contribution in [0.25, 0.3) is 0 Å². The number of nitrogens with zero attached hydrogens (tertiary/aromatic N) is 2. The molecule has 0 bridgehead atoms. The molecule has 4 nitrogen and oxygen atoms in total. The zero-order chi connectivity index (χ0) is 13.3. The maximum Gasteiger partial charge on any atom is 0.155 e. The van der Waals surface area contributed by atoms with E-state index in [4.69, 9.17) is 9.47 Å². The van der Waals surface area contributed by atoms with Crippen LogP contribution in [0, 0.1) is 0 Å². The van der Waals surface area contributed by atoms with Gasteiger partial charge in [0.05, 0.1) is 18.9 Å². The van der Waals surface area contributed by atoms with E-state index in [2.05, 4.69) is 9.97 Å². The van der Waals surface area contributed by atoms with Gasteiger partial charge < -0.3 is 9.47 Å². The molecular weight excluding hydrogens is 240 g/mol. The highest BCUT2D eigenvalue weighted by molar-refractivity contribution is 5.03. The second kappa shape index (κ2) is 7.61. The van der Waals surface area contributed by atoms with Crippen molar-refractivity contribution in [3.8, 4) is 0 Å².